The van der Waals surface area contributed by atoms with E-state index in [-0.39, 0.29) is 0 Å². The van der Waals surface area contributed by atoms with Crippen LogP contribution in [0.25, 0.3) is 0 Å². The number of rotatable bonds is 2. The topological polar surface area (TPSA) is 21.7 Å². The first-order valence-electron chi connectivity index (χ1n) is 6.03. The highest BCUT2D eigenvalue weighted by molar-refractivity contribution is 5.44. The molecule has 2 aliphatic rings. The predicted molar refractivity (Wildman–Crippen MR) is 61.7 cm³/mol. The summed E-state index contributed by atoms with van der Waals surface area (Å²) in [7, 11) is 0. The van der Waals surface area contributed by atoms with Crippen LogP contribution in [0.4, 0.5) is 0 Å². The van der Waals surface area contributed by atoms with Crippen molar-refractivity contribution in [3.63, 3.8) is 0 Å². The maximum atomic E-state index is 5.39. The molecule has 0 radical (unpaired) electrons. The molecule has 3 heteroatoms. The minimum Gasteiger partial charge on any atom is -0.454 e. The Kier molecular flexibility index (Phi) is 2.70. The molecular weight excluding hydrogens is 202 g/mol. The van der Waals surface area contributed by atoms with Gasteiger partial charge in [0.25, 0.3) is 0 Å². The van der Waals surface area contributed by atoms with Crippen molar-refractivity contribution in [2.24, 2.45) is 0 Å². The monoisotopic (exact) mass is 219 g/mol. The molecule has 0 N–H and O–H groups in total. The van der Waals surface area contributed by atoms with Crippen LogP contribution in [-0.4, -0.2) is 24.8 Å². The van der Waals surface area contributed by atoms with E-state index >= 15 is 0 Å². The summed E-state index contributed by atoms with van der Waals surface area (Å²) in [5, 5.41) is 0. The molecule has 0 atom stereocenters. The normalized spacial score (nSPS) is 20.0. The van der Waals surface area contributed by atoms with Crippen LogP contribution in [0.15, 0.2) is 18.2 Å². The highest BCUT2D eigenvalue weighted by atomic mass is 16.7. The predicted octanol–water partition coefficient (Wildman–Crippen LogP) is 2.40. The van der Waals surface area contributed by atoms with Gasteiger partial charge in [0.2, 0.25) is 6.79 Å². The van der Waals surface area contributed by atoms with Gasteiger partial charge in [-0.25, -0.2) is 0 Å². The smallest absolute Gasteiger partial charge is 0.231 e. The Morgan fingerprint density at radius 1 is 1.00 bits per heavy atom. The largest absolute Gasteiger partial charge is 0.454 e. The summed E-state index contributed by atoms with van der Waals surface area (Å²) in [6.07, 6.45) is 4.06. The zero-order valence-corrected chi connectivity index (χ0v) is 9.45. The summed E-state index contributed by atoms with van der Waals surface area (Å²) in [5.41, 5.74) is 1.33. The van der Waals surface area contributed by atoms with Crippen LogP contribution in [0.3, 0.4) is 0 Å². The van der Waals surface area contributed by atoms with Crippen LogP contribution in [0.1, 0.15) is 24.8 Å². The Labute approximate surface area is 96.0 Å². The first-order chi connectivity index (χ1) is 7.92. The van der Waals surface area contributed by atoms with E-state index in [2.05, 4.69) is 17.0 Å². The maximum Gasteiger partial charge on any atom is 0.231 e. The second-order valence-corrected chi connectivity index (χ2v) is 4.52. The van der Waals surface area contributed by atoms with E-state index in [1.54, 1.807) is 0 Å². The number of fused-ring (bicyclic) bond motifs is 1. The molecule has 86 valence electrons. The number of benzene rings is 1. The molecule has 1 aromatic carbocycles. The van der Waals surface area contributed by atoms with Gasteiger partial charge in [0.05, 0.1) is 0 Å². The summed E-state index contributed by atoms with van der Waals surface area (Å²) < 4.78 is 10.7. The molecule has 2 heterocycles. The number of likely N-dealkylation sites (tertiary alicyclic amines) is 1. The van der Waals surface area contributed by atoms with Crippen molar-refractivity contribution in [1.82, 2.24) is 4.90 Å². The summed E-state index contributed by atoms with van der Waals surface area (Å²) >= 11 is 0. The van der Waals surface area contributed by atoms with Gasteiger partial charge in [-0.1, -0.05) is 12.5 Å². The lowest BCUT2D eigenvalue weighted by atomic mass is 10.1. The highest BCUT2D eigenvalue weighted by Crippen LogP contribution is 2.32. The standard InChI is InChI=1S/C13H17NO2/c1-2-6-14(7-3-1)9-11-4-5-12-13(8-11)16-10-15-12/h4-5,8H,1-3,6-7,9-10H2. The lowest BCUT2D eigenvalue weighted by Gasteiger charge is -2.26. The Morgan fingerprint density at radius 3 is 2.69 bits per heavy atom. The molecule has 1 aromatic rings. The SMILES string of the molecule is c1cc2c(cc1CN1CCCCC1)OCO2. The van der Waals surface area contributed by atoms with Gasteiger partial charge >= 0.3 is 0 Å². The van der Waals surface area contributed by atoms with E-state index in [0.717, 1.165) is 18.0 Å². The Bertz CT molecular complexity index is 372. The van der Waals surface area contributed by atoms with Gasteiger partial charge in [-0.05, 0) is 43.6 Å². The number of ether oxygens (including phenoxy) is 2. The van der Waals surface area contributed by atoms with E-state index in [1.165, 1.54) is 37.9 Å². The lowest BCUT2D eigenvalue weighted by molar-refractivity contribution is 0.174. The molecule has 1 saturated heterocycles. The van der Waals surface area contributed by atoms with E-state index in [1.807, 2.05) is 6.07 Å². The Morgan fingerprint density at radius 2 is 1.81 bits per heavy atom. The van der Waals surface area contributed by atoms with E-state index < -0.39 is 0 Å². The Balaban J connectivity index is 1.69. The summed E-state index contributed by atoms with van der Waals surface area (Å²) in [6.45, 7) is 3.86. The molecule has 0 saturated carbocycles. The second kappa shape index (κ2) is 4.34. The first-order valence-corrected chi connectivity index (χ1v) is 6.03. The van der Waals surface area contributed by atoms with E-state index in [0.29, 0.717) is 6.79 Å². The number of hydrogen-bond acceptors (Lipinski definition) is 3. The molecule has 0 spiro atoms. The van der Waals surface area contributed by atoms with Crippen molar-refractivity contribution >= 4 is 0 Å². The third kappa shape index (κ3) is 2.00. The second-order valence-electron chi connectivity index (χ2n) is 4.52. The van der Waals surface area contributed by atoms with Gasteiger partial charge < -0.3 is 9.47 Å². The molecule has 1 fully saturated rings. The molecule has 0 unspecified atom stereocenters. The molecule has 0 aromatic heterocycles. The van der Waals surface area contributed by atoms with Gasteiger partial charge in [-0.15, -0.1) is 0 Å². The van der Waals surface area contributed by atoms with Crippen molar-refractivity contribution in [2.75, 3.05) is 19.9 Å². The van der Waals surface area contributed by atoms with Gasteiger partial charge in [-0.3, -0.25) is 4.90 Å². The van der Waals surface area contributed by atoms with Crippen molar-refractivity contribution in [2.45, 2.75) is 25.8 Å². The van der Waals surface area contributed by atoms with Gasteiger partial charge in [0.15, 0.2) is 11.5 Å². The van der Waals surface area contributed by atoms with Crippen LogP contribution in [0.5, 0.6) is 11.5 Å². The van der Waals surface area contributed by atoms with Crippen LogP contribution in [-0.2, 0) is 6.54 Å². The minimum absolute atomic E-state index is 0.364. The van der Waals surface area contributed by atoms with Crippen LogP contribution in [0, 0.1) is 0 Å². The molecule has 0 amide bonds. The van der Waals surface area contributed by atoms with Crippen LogP contribution >= 0.6 is 0 Å². The molecule has 16 heavy (non-hydrogen) atoms. The van der Waals surface area contributed by atoms with Gasteiger partial charge in [0, 0.05) is 6.54 Å². The van der Waals surface area contributed by atoms with Gasteiger partial charge in [0.1, 0.15) is 0 Å². The number of hydrogen-bond donors (Lipinski definition) is 0. The molecule has 3 rings (SSSR count). The maximum absolute atomic E-state index is 5.39. The minimum atomic E-state index is 0.364. The van der Waals surface area contributed by atoms with Crippen LogP contribution < -0.4 is 9.47 Å². The summed E-state index contributed by atoms with van der Waals surface area (Å²) in [5.74, 6) is 1.77. The van der Waals surface area contributed by atoms with E-state index in [4.69, 9.17) is 9.47 Å². The first kappa shape index (κ1) is 9.97. The van der Waals surface area contributed by atoms with Crippen LogP contribution in [0.2, 0.25) is 0 Å². The molecule has 0 bridgehead atoms. The molecular formula is C13H17NO2. The lowest BCUT2D eigenvalue weighted by Crippen LogP contribution is -2.28. The van der Waals surface area contributed by atoms with Crippen molar-refractivity contribution in [1.29, 1.82) is 0 Å². The average Bonchev–Trinajstić information content (AvgIpc) is 2.77. The third-order valence-corrected chi connectivity index (χ3v) is 3.29. The number of piperidine rings is 1. The fourth-order valence-electron chi connectivity index (χ4n) is 2.42. The zero-order chi connectivity index (χ0) is 10.8. The van der Waals surface area contributed by atoms with Crippen molar-refractivity contribution in [3.8, 4) is 11.5 Å². The fraction of sp³-hybridized carbons (Fsp3) is 0.538. The number of nitrogens with zero attached hydrogens (tertiary/aromatic N) is 1. The Hall–Kier alpha value is -1.22. The van der Waals surface area contributed by atoms with Crippen molar-refractivity contribution in [3.05, 3.63) is 23.8 Å². The fourth-order valence-corrected chi connectivity index (χ4v) is 2.42. The molecule has 3 nitrogen and oxygen atoms in total. The zero-order valence-electron chi connectivity index (χ0n) is 9.45. The molecule has 0 aliphatic carbocycles. The summed E-state index contributed by atoms with van der Waals surface area (Å²) in [4.78, 5) is 2.51. The van der Waals surface area contributed by atoms with Gasteiger partial charge in [-0.2, -0.15) is 0 Å². The quantitative estimate of drug-likeness (QED) is 0.762. The van der Waals surface area contributed by atoms with Crippen molar-refractivity contribution < 1.29 is 9.47 Å². The summed E-state index contributed by atoms with van der Waals surface area (Å²) in [6, 6.07) is 6.26. The molecule has 2 aliphatic heterocycles. The average molecular weight is 219 g/mol. The highest BCUT2D eigenvalue weighted by Gasteiger charge is 2.15. The third-order valence-electron chi connectivity index (χ3n) is 3.29. The van der Waals surface area contributed by atoms with E-state index in [9.17, 15) is 0 Å².